The predicted octanol–water partition coefficient (Wildman–Crippen LogP) is 2.92. The number of rotatable bonds is 4. The molecule has 0 amide bonds. The molecule has 1 spiro atoms. The Morgan fingerprint density at radius 2 is 2.12 bits per heavy atom. The van der Waals surface area contributed by atoms with E-state index in [2.05, 4.69) is 4.98 Å². The second kappa shape index (κ2) is 8.98. The molecular weight excluding hydrogens is 483 g/mol. The Labute approximate surface area is 204 Å². The number of hydrogen-bond donors (Lipinski definition) is 1. The second-order valence-electron chi connectivity index (χ2n) is 9.30. The summed E-state index contributed by atoms with van der Waals surface area (Å²) in [5, 5.41) is 0. The Morgan fingerprint density at radius 1 is 1.32 bits per heavy atom. The maximum atomic E-state index is 14.4. The van der Waals surface area contributed by atoms with E-state index in [0.29, 0.717) is 35.4 Å². The van der Waals surface area contributed by atoms with Gasteiger partial charge in [0.2, 0.25) is 16.0 Å². The van der Waals surface area contributed by atoms with Gasteiger partial charge in [-0.05, 0) is 42.2 Å². The Hall–Kier alpha value is -2.43. The molecule has 1 unspecified atom stereocenters. The van der Waals surface area contributed by atoms with Gasteiger partial charge in [-0.3, -0.25) is 0 Å². The van der Waals surface area contributed by atoms with Gasteiger partial charge in [0.05, 0.1) is 5.75 Å². The summed E-state index contributed by atoms with van der Waals surface area (Å²) in [5.74, 6) is -0.136. The molecule has 34 heavy (non-hydrogen) atoms. The quantitative estimate of drug-likeness (QED) is 0.634. The number of pyridine rings is 1. The number of sulfonamides is 1. The first-order chi connectivity index (χ1) is 15.7. The summed E-state index contributed by atoms with van der Waals surface area (Å²) < 4.78 is 53.9. The first-order valence-electron chi connectivity index (χ1n) is 11.1. The van der Waals surface area contributed by atoms with Crippen LogP contribution in [0, 0.1) is 17.8 Å². The molecule has 184 valence electrons. The molecule has 3 atom stereocenters. The topological polar surface area (TPSA) is 107 Å². The van der Waals surface area contributed by atoms with Gasteiger partial charge in [0.1, 0.15) is 24.0 Å². The number of halogens is 2. The van der Waals surface area contributed by atoms with Crippen LogP contribution in [0.15, 0.2) is 41.5 Å². The first-order valence-corrected chi connectivity index (χ1v) is 12.7. The van der Waals surface area contributed by atoms with Crippen LogP contribution in [-0.4, -0.2) is 55.3 Å². The van der Waals surface area contributed by atoms with Crippen LogP contribution < -0.4 is 10.5 Å². The molecule has 4 heterocycles. The molecule has 0 saturated carbocycles. The molecule has 5 rings (SSSR count). The molecule has 1 aromatic heterocycles. The molecule has 2 aromatic rings. The minimum Gasteiger partial charge on any atom is -0.490 e. The zero-order chi connectivity index (χ0) is 23.4. The number of hydrogen-bond acceptors (Lipinski definition) is 7. The summed E-state index contributed by atoms with van der Waals surface area (Å²) in [6.45, 7) is 4.60. The molecule has 0 aliphatic carbocycles. The van der Waals surface area contributed by atoms with Crippen molar-refractivity contribution in [3.63, 3.8) is 0 Å². The van der Waals surface area contributed by atoms with Crippen molar-refractivity contribution in [2.24, 2.45) is 22.6 Å². The lowest BCUT2D eigenvalue weighted by Crippen LogP contribution is -2.58. The monoisotopic (exact) mass is 510 g/mol. The second-order valence-corrected chi connectivity index (χ2v) is 11.3. The Bertz CT molecular complexity index is 1230. The molecule has 0 bridgehead atoms. The van der Waals surface area contributed by atoms with Gasteiger partial charge in [0, 0.05) is 36.3 Å². The van der Waals surface area contributed by atoms with Gasteiger partial charge in [0.15, 0.2) is 0 Å². The van der Waals surface area contributed by atoms with Crippen LogP contribution in [0.3, 0.4) is 0 Å². The molecule has 2 N–H and O–H groups in total. The zero-order valence-corrected chi connectivity index (χ0v) is 20.6. The van der Waals surface area contributed by atoms with Crippen molar-refractivity contribution in [3.05, 3.63) is 48.0 Å². The molecule has 11 heteroatoms. The van der Waals surface area contributed by atoms with E-state index in [1.165, 1.54) is 6.20 Å². The highest BCUT2D eigenvalue weighted by Crippen LogP contribution is 2.51. The van der Waals surface area contributed by atoms with Crippen molar-refractivity contribution >= 4 is 28.5 Å². The standard InChI is InChI=1S/C23H27FN4O4S.ClH/c1-14(2)12-33(29,30)28-9-7-20-18(11-28)23(13-31-22(25)27-23)17-10-15(5-6-19(17)32-20)16-4-3-8-26-21(16)24;/h3-6,8,10,14,18,20H,7,9,11-13H2,1-2H3,(H2,25,27);1H/t18-,20-,23?;/m1./s1. The van der Waals surface area contributed by atoms with E-state index in [4.69, 9.17) is 20.2 Å². The van der Waals surface area contributed by atoms with Crippen LogP contribution in [0.25, 0.3) is 11.1 Å². The smallest absolute Gasteiger partial charge is 0.283 e. The number of benzene rings is 1. The van der Waals surface area contributed by atoms with Crippen molar-refractivity contribution in [2.45, 2.75) is 31.9 Å². The van der Waals surface area contributed by atoms with Crippen molar-refractivity contribution in [3.8, 4) is 16.9 Å². The third kappa shape index (κ3) is 4.12. The number of aromatic nitrogens is 1. The van der Waals surface area contributed by atoms with Crippen molar-refractivity contribution < 1.29 is 22.3 Å². The minimum atomic E-state index is -3.43. The van der Waals surface area contributed by atoms with Gasteiger partial charge < -0.3 is 15.2 Å². The van der Waals surface area contributed by atoms with Crippen molar-refractivity contribution in [1.29, 1.82) is 0 Å². The number of fused-ring (bicyclic) bond motifs is 4. The minimum absolute atomic E-state index is 0. The SMILES string of the molecule is CC(C)CS(=O)(=O)N1CC[C@H]2Oc3ccc(-c4cccnc4F)cc3C3(COC(N)=N3)[C@@H]2C1.Cl. The number of piperidine rings is 1. The number of amidine groups is 1. The van der Waals surface area contributed by atoms with Gasteiger partial charge in [0.25, 0.3) is 6.02 Å². The van der Waals surface area contributed by atoms with E-state index in [1.807, 2.05) is 19.9 Å². The number of nitrogens with two attached hydrogens (primary N) is 1. The summed E-state index contributed by atoms with van der Waals surface area (Å²) >= 11 is 0. The first kappa shape index (κ1) is 24.7. The molecule has 8 nitrogen and oxygen atoms in total. The summed E-state index contributed by atoms with van der Waals surface area (Å²) in [5.41, 5.74) is 6.75. The summed E-state index contributed by atoms with van der Waals surface area (Å²) in [6, 6.07) is 8.82. The van der Waals surface area contributed by atoms with E-state index in [1.54, 1.807) is 28.6 Å². The highest BCUT2D eigenvalue weighted by Gasteiger charge is 2.56. The largest absolute Gasteiger partial charge is 0.490 e. The Balaban J connectivity index is 0.00000274. The molecule has 3 aliphatic heterocycles. The van der Waals surface area contributed by atoms with Crippen LogP contribution in [0.1, 0.15) is 25.8 Å². The van der Waals surface area contributed by atoms with Crippen molar-refractivity contribution in [1.82, 2.24) is 9.29 Å². The fourth-order valence-corrected chi connectivity index (χ4v) is 6.98. The number of aliphatic imine (C=N–C) groups is 1. The number of ether oxygens (including phenoxy) is 2. The molecular formula is C23H28ClFN4O4S. The normalized spacial score (nSPS) is 26.2. The highest BCUT2D eigenvalue weighted by atomic mass is 35.5. The predicted molar refractivity (Wildman–Crippen MR) is 129 cm³/mol. The zero-order valence-electron chi connectivity index (χ0n) is 19.0. The van der Waals surface area contributed by atoms with E-state index < -0.39 is 21.5 Å². The molecule has 1 fully saturated rings. The average Bonchev–Trinajstić information content (AvgIpc) is 3.15. The Kier molecular flexibility index (Phi) is 6.52. The molecule has 1 aromatic carbocycles. The highest BCUT2D eigenvalue weighted by molar-refractivity contribution is 7.89. The lowest BCUT2D eigenvalue weighted by atomic mass is 9.71. The van der Waals surface area contributed by atoms with E-state index in [9.17, 15) is 12.8 Å². The van der Waals surface area contributed by atoms with Gasteiger partial charge in [-0.25, -0.2) is 22.7 Å². The van der Waals surface area contributed by atoms with Gasteiger partial charge in [-0.1, -0.05) is 19.9 Å². The van der Waals surface area contributed by atoms with Gasteiger partial charge in [-0.2, -0.15) is 4.39 Å². The van der Waals surface area contributed by atoms with E-state index in [0.717, 1.165) is 0 Å². The van der Waals surface area contributed by atoms with Crippen LogP contribution in [-0.2, 0) is 20.3 Å². The van der Waals surface area contributed by atoms with Crippen LogP contribution >= 0.6 is 12.4 Å². The van der Waals surface area contributed by atoms with Crippen molar-refractivity contribution in [2.75, 3.05) is 25.4 Å². The maximum absolute atomic E-state index is 14.4. The molecule has 3 aliphatic rings. The Morgan fingerprint density at radius 3 is 2.79 bits per heavy atom. The van der Waals surface area contributed by atoms with Gasteiger partial charge in [-0.15, -0.1) is 12.4 Å². The van der Waals surface area contributed by atoms with Gasteiger partial charge >= 0.3 is 0 Å². The summed E-state index contributed by atoms with van der Waals surface area (Å²) in [4.78, 5) is 8.45. The third-order valence-electron chi connectivity index (χ3n) is 6.61. The lowest BCUT2D eigenvalue weighted by Gasteiger charge is -2.48. The molecule has 1 saturated heterocycles. The fraction of sp³-hybridized carbons (Fsp3) is 0.478. The van der Waals surface area contributed by atoms with E-state index in [-0.39, 0.29) is 55.3 Å². The fourth-order valence-electron chi connectivity index (χ4n) is 5.16. The maximum Gasteiger partial charge on any atom is 0.283 e. The molecule has 0 radical (unpaired) electrons. The lowest BCUT2D eigenvalue weighted by molar-refractivity contribution is -0.00350. The third-order valence-corrected chi connectivity index (χ3v) is 8.81. The van der Waals surface area contributed by atoms with Crippen LogP contribution in [0.2, 0.25) is 0 Å². The van der Waals surface area contributed by atoms with E-state index >= 15 is 0 Å². The average molecular weight is 511 g/mol. The summed E-state index contributed by atoms with van der Waals surface area (Å²) in [6.07, 6.45) is 1.70. The summed E-state index contributed by atoms with van der Waals surface area (Å²) in [7, 11) is -3.43. The number of nitrogens with zero attached hydrogens (tertiary/aromatic N) is 3. The van der Waals surface area contributed by atoms with Crippen LogP contribution in [0.4, 0.5) is 4.39 Å². The van der Waals surface area contributed by atoms with Crippen LogP contribution in [0.5, 0.6) is 5.75 Å².